The maximum Gasteiger partial charge on any atom is 0.268 e. The summed E-state index contributed by atoms with van der Waals surface area (Å²) >= 11 is 0. The summed E-state index contributed by atoms with van der Waals surface area (Å²) in [6.45, 7) is 0.792. The average Bonchev–Trinajstić information content (AvgIpc) is 3.64. The van der Waals surface area contributed by atoms with Crippen LogP contribution < -0.4 is 21.3 Å². The zero-order valence-electron chi connectivity index (χ0n) is 25.0. The molecule has 232 valence electrons. The summed E-state index contributed by atoms with van der Waals surface area (Å²) in [5.41, 5.74) is 1.94. The van der Waals surface area contributed by atoms with Crippen molar-refractivity contribution in [2.45, 2.75) is 82.3 Å². The molecule has 1 amide bonds. The van der Waals surface area contributed by atoms with Gasteiger partial charge >= 0.3 is 0 Å². The monoisotopic (exact) mass is 599 g/mol. The lowest BCUT2D eigenvalue weighted by atomic mass is 9.84. The molecule has 3 aliphatic rings. The Morgan fingerprint density at radius 2 is 1.75 bits per heavy atom. The first kappa shape index (κ1) is 31.2. The van der Waals surface area contributed by atoms with Crippen LogP contribution in [0.2, 0.25) is 0 Å². The van der Waals surface area contributed by atoms with Crippen LogP contribution in [0.4, 0.5) is 0 Å². The minimum absolute atomic E-state index is 0.0216. The molecule has 10 heteroatoms. The number of para-hydroxylation sites is 1. The van der Waals surface area contributed by atoms with E-state index in [-0.39, 0.29) is 35.8 Å². The Kier molecular flexibility index (Phi) is 10.7. The second kappa shape index (κ2) is 15.0. The number of aromatic amines is 1. The number of rotatable bonds is 15. The van der Waals surface area contributed by atoms with Gasteiger partial charge in [0.05, 0.1) is 17.8 Å². The molecule has 2 aliphatic carbocycles. The molecule has 5 rings (SSSR count). The number of Topliss-reactive ketones (excluding diaryl/α,β-unsaturated/α-hetero) is 1. The summed E-state index contributed by atoms with van der Waals surface area (Å²) in [5.74, 6) is 5.64. The van der Waals surface area contributed by atoms with Crippen LogP contribution in [0.1, 0.15) is 74.7 Å². The van der Waals surface area contributed by atoms with Gasteiger partial charge in [-0.05, 0) is 50.2 Å². The number of aromatic nitrogens is 1. The zero-order chi connectivity index (χ0) is 30.9. The van der Waals surface area contributed by atoms with Crippen molar-refractivity contribution < 1.29 is 24.0 Å². The van der Waals surface area contributed by atoms with Crippen LogP contribution in [-0.4, -0.2) is 65.7 Å². The smallest absolute Gasteiger partial charge is 0.268 e. The molecule has 1 aromatic carbocycles. The van der Waals surface area contributed by atoms with Crippen molar-refractivity contribution >= 4 is 40.4 Å². The Morgan fingerprint density at radius 1 is 0.955 bits per heavy atom. The number of ketones is 1. The van der Waals surface area contributed by atoms with Gasteiger partial charge in [-0.15, -0.1) is 0 Å². The fourth-order valence-electron chi connectivity index (χ4n) is 6.61. The third-order valence-electron chi connectivity index (χ3n) is 9.20. The first-order valence-corrected chi connectivity index (χ1v) is 15.9. The maximum absolute atomic E-state index is 13.3. The van der Waals surface area contributed by atoms with Gasteiger partial charge in [0, 0.05) is 41.9 Å². The van der Waals surface area contributed by atoms with Gasteiger partial charge in [0.1, 0.15) is 35.3 Å². The minimum atomic E-state index is -0.779. The molecule has 0 bridgehead atoms. The normalized spacial score (nSPS) is 20.4. The van der Waals surface area contributed by atoms with Crippen molar-refractivity contribution in [1.29, 1.82) is 0 Å². The number of fused-ring (bicyclic) bond motifs is 1. The van der Waals surface area contributed by atoms with Crippen LogP contribution in [0.5, 0.6) is 0 Å². The fourth-order valence-corrected chi connectivity index (χ4v) is 6.61. The van der Waals surface area contributed by atoms with Crippen LogP contribution in [0.25, 0.3) is 10.9 Å². The van der Waals surface area contributed by atoms with E-state index in [1.165, 1.54) is 12.5 Å². The van der Waals surface area contributed by atoms with E-state index in [0.717, 1.165) is 55.8 Å². The van der Waals surface area contributed by atoms with Crippen molar-refractivity contribution in [3.63, 3.8) is 0 Å². The van der Waals surface area contributed by atoms with Crippen molar-refractivity contribution in [2.24, 2.45) is 17.8 Å². The molecule has 4 atom stereocenters. The molecule has 1 saturated heterocycles. The molecule has 0 radical (unpaired) electrons. The van der Waals surface area contributed by atoms with Gasteiger partial charge in [0.2, 0.25) is 0 Å². The summed E-state index contributed by atoms with van der Waals surface area (Å²) in [6.07, 6.45) is 10.3. The van der Waals surface area contributed by atoms with Crippen LogP contribution in [0.15, 0.2) is 47.8 Å². The Morgan fingerprint density at radius 3 is 2.45 bits per heavy atom. The molecular formula is C34H41N5O5. The summed E-state index contributed by atoms with van der Waals surface area (Å²) in [7, 11) is 0. The van der Waals surface area contributed by atoms with E-state index in [4.69, 9.17) is 0 Å². The lowest BCUT2D eigenvalue weighted by Crippen LogP contribution is -2.52. The number of nitrogens with one attached hydrogen (secondary N) is 5. The number of hydrogen-bond donors (Lipinski definition) is 5. The lowest BCUT2D eigenvalue weighted by Gasteiger charge is -2.30. The van der Waals surface area contributed by atoms with Crippen LogP contribution >= 0.6 is 0 Å². The Labute approximate surface area is 257 Å². The highest BCUT2D eigenvalue weighted by Gasteiger charge is 2.36. The molecule has 10 nitrogen and oxygen atoms in total. The number of carbonyl (C=O) groups excluding carboxylic acids is 5. The van der Waals surface area contributed by atoms with Gasteiger partial charge < -0.3 is 26.3 Å². The summed E-state index contributed by atoms with van der Waals surface area (Å²) in [4.78, 5) is 65.0. The van der Waals surface area contributed by atoms with E-state index in [1.807, 2.05) is 36.1 Å². The van der Waals surface area contributed by atoms with Crippen molar-refractivity contribution in [1.82, 2.24) is 26.3 Å². The second-order valence-corrected chi connectivity index (χ2v) is 12.4. The van der Waals surface area contributed by atoms with Gasteiger partial charge in [-0.1, -0.05) is 50.3 Å². The summed E-state index contributed by atoms with van der Waals surface area (Å²) in [6, 6.07) is 7.57. The Balaban J connectivity index is 1.32. The highest BCUT2D eigenvalue weighted by molar-refractivity contribution is 6.01. The molecule has 44 heavy (non-hydrogen) atoms. The SMILES string of the molecule is O=C=C[C@H](C[C@@H]1CCNC1=C=O)NC(=C=O)[C@H](CC1CCCCC1)NC[C@H](NC(=O)c1cc2ccccc2[nH]1)C(=O)C1CC1. The molecule has 1 aromatic heterocycles. The van der Waals surface area contributed by atoms with E-state index in [9.17, 15) is 24.0 Å². The van der Waals surface area contributed by atoms with Crippen LogP contribution in [-0.2, 0) is 19.2 Å². The van der Waals surface area contributed by atoms with Crippen LogP contribution in [0.3, 0.4) is 0 Å². The number of amides is 1. The predicted molar refractivity (Wildman–Crippen MR) is 167 cm³/mol. The van der Waals surface area contributed by atoms with Gasteiger partial charge in [-0.25, -0.2) is 14.4 Å². The molecule has 0 unspecified atom stereocenters. The Bertz CT molecular complexity index is 1450. The third-order valence-corrected chi connectivity index (χ3v) is 9.20. The largest absolute Gasteiger partial charge is 0.379 e. The first-order chi connectivity index (χ1) is 21.5. The van der Waals surface area contributed by atoms with E-state index < -0.39 is 18.1 Å². The van der Waals surface area contributed by atoms with Gasteiger partial charge in [-0.2, -0.15) is 0 Å². The maximum atomic E-state index is 13.3. The quantitative estimate of drug-likeness (QED) is 0.196. The van der Waals surface area contributed by atoms with Gasteiger partial charge in [0.15, 0.2) is 5.78 Å². The lowest BCUT2D eigenvalue weighted by molar-refractivity contribution is -0.122. The van der Waals surface area contributed by atoms with Crippen molar-refractivity contribution in [3.8, 4) is 0 Å². The number of allylic oxidation sites excluding steroid dienone is 1. The molecular weight excluding hydrogens is 558 g/mol. The molecule has 3 fully saturated rings. The number of H-pyrrole nitrogens is 1. The minimum Gasteiger partial charge on any atom is -0.379 e. The predicted octanol–water partition coefficient (Wildman–Crippen LogP) is 2.95. The highest BCUT2D eigenvalue weighted by Crippen LogP contribution is 2.32. The van der Waals surface area contributed by atoms with Crippen molar-refractivity contribution in [3.05, 3.63) is 53.5 Å². The number of benzene rings is 1. The first-order valence-electron chi connectivity index (χ1n) is 15.9. The molecule has 0 spiro atoms. The Hall–Kier alpha value is -4.19. The van der Waals surface area contributed by atoms with Crippen LogP contribution in [0, 0.1) is 17.8 Å². The third kappa shape index (κ3) is 8.04. The zero-order valence-corrected chi connectivity index (χ0v) is 25.0. The summed E-state index contributed by atoms with van der Waals surface area (Å²) in [5, 5.41) is 13.5. The van der Waals surface area contributed by atoms with E-state index >= 15 is 0 Å². The number of carbonyl (C=O) groups is 2. The molecule has 5 N–H and O–H groups in total. The van der Waals surface area contributed by atoms with E-state index in [1.54, 1.807) is 6.07 Å². The van der Waals surface area contributed by atoms with Gasteiger partial charge in [0.25, 0.3) is 5.91 Å². The topological polar surface area (TPSA) is 149 Å². The summed E-state index contributed by atoms with van der Waals surface area (Å²) < 4.78 is 0. The standard InChI is InChI=1S/C34H41N5O5/c40-15-13-26(17-25-12-14-35-31(25)20-41)37-32(21-42)28(16-22-6-2-1-3-7-22)36-19-30(33(43)23-10-11-23)39-34(44)29-18-24-8-4-5-9-27(24)38-29/h4-5,8-9,13,18,22-23,25-26,28,30,35-38H,1-3,6-7,10-12,14,16-17,19H2,(H,39,44)/t25-,26+,28-,30-/m0/s1. The highest BCUT2D eigenvalue weighted by atomic mass is 16.2. The molecule has 2 heterocycles. The van der Waals surface area contributed by atoms with Gasteiger partial charge in [-0.3, -0.25) is 9.59 Å². The fraction of sp³-hybridized carbons (Fsp3) is 0.529. The molecule has 2 aromatic rings. The number of hydrogen-bond acceptors (Lipinski definition) is 8. The molecule has 1 aliphatic heterocycles. The van der Waals surface area contributed by atoms with E-state index in [0.29, 0.717) is 36.7 Å². The second-order valence-electron chi connectivity index (χ2n) is 12.4. The van der Waals surface area contributed by atoms with Crippen molar-refractivity contribution in [2.75, 3.05) is 13.1 Å². The van der Waals surface area contributed by atoms with E-state index in [2.05, 4.69) is 32.2 Å². The average molecular weight is 600 g/mol. The molecule has 2 saturated carbocycles.